The molecular formula is C44H83BrN2O11. The van der Waals surface area contributed by atoms with Gasteiger partial charge in [-0.1, -0.05) is 34.6 Å². The first-order valence-electron chi connectivity index (χ1n) is 20.4. The van der Waals surface area contributed by atoms with Crippen molar-refractivity contribution in [3.8, 4) is 0 Å². The average molecular weight is 896 g/mol. The molecule has 0 aliphatic rings. The number of carbonyl (C=O) groups excluding carboxylic acids is 5. The number of methoxy groups -OCH3 is 2. The van der Waals surface area contributed by atoms with Crippen LogP contribution in [0.4, 0.5) is 0 Å². The minimum atomic E-state index is -0.479. The van der Waals surface area contributed by atoms with Crippen molar-refractivity contribution >= 4 is 29.8 Å². The largest absolute Gasteiger partial charge is 1.00 e. The number of hydrogen-bond acceptors (Lipinski definition) is 11. The van der Waals surface area contributed by atoms with E-state index in [-0.39, 0.29) is 76.3 Å². The molecule has 13 nitrogen and oxygen atoms in total. The van der Waals surface area contributed by atoms with E-state index in [1.54, 1.807) is 7.11 Å². The first kappa shape index (κ1) is 61.7. The lowest BCUT2D eigenvalue weighted by Gasteiger charge is -2.22. The van der Waals surface area contributed by atoms with Gasteiger partial charge in [-0.05, 0) is 101 Å². The Kier molecular flexibility index (Phi) is 32.0. The molecule has 0 aromatic carbocycles. The second-order valence-corrected chi connectivity index (χ2v) is 17.2. The molecule has 1 heterocycles. The molecule has 342 valence electrons. The Morgan fingerprint density at radius 3 is 1.07 bits per heavy atom. The molecule has 1 aromatic rings. The average Bonchev–Trinajstić information content (AvgIpc) is 3.50. The number of rotatable bonds is 20. The smallest absolute Gasteiger partial charge is 0.311 e. The molecule has 0 spiro atoms. The van der Waals surface area contributed by atoms with Crippen LogP contribution in [0.2, 0.25) is 0 Å². The van der Waals surface area contributed by atoms with Crippen molar-refractivity contribution in [3.63, 3.8) is 0 Å². The highest BCUT2D eigenvalue weighted by Crippen LogP contribution is 2.24. The maximum Gasteiger partial charge on any atom is 0.311 e. The third-order valence-corrected chi connectivity index (χ3v) is 10.6. The lowest BCUT2D eigenvalue weighted by Crippen LogP contribution is -3.00. The predicted molar refractivity (Wildman–Crippen MR) is 223 cm³/mol. The monoisotopic (exact) mass is 895 g/mol. The predicted octanol–water partition coefficient (Wildman–Crippen LogP) is 5.15. The Morgan fingerprint density at radius 1 is 0.534 bits per heavy atom. The van der Waals surface area contributed by atoms with Crippen LogP contribution in [0.5, 0.6) is 0 Å². The standard InChI is InChI=1S/C14H25N2O2.C14H26O4.C9H18O3.C7H14O2.BrH/c1-6-14(3,4)13(17)18-11-7-8-16-10-9-15(5)12(16)2;1-7-13(3,4)11(15)17-9-10-18-12(16)14(5,6)8-2;1-5-9(2,3)8(10)12-7-6-11-4;1-5-7(2,3)6(8)9-4;/h9-10H,6-8,11H2,1-5H3;7-10H2,1-6H3;5-7H2,1-4H3;5H2,1-4H3;1H/q+1;;;;/p-1. The van der Waals surface area contributed by atoms with Crippen LogP contribution in [-0.4, -0.2) is 81.7 Å². The number of halogens is 1. The summed E-state index contributed by atoms with van der Waals surface area (Å²) in [5.74, 6) is 0.314. The minimum absolute atomic E-state index is 0. The van der Waals surface area contributed by atoms with Crippen LogP contribution < -0.4 is 21.5 Å². The third kappa shape index (κ3) is 24.8. The van der Waals surface area contributed by atoms with E-state index in [4.69, 9.17) is 23.7 Å². The minimum Gasteiger partial charge on any atom is -1.00 e. The number of ether oxygens (including phenoxy) is 6. The topological polar surface area (TPSA) is 150 Å². The molecule has 0 atom stereocenters. The van der Waals surface area contributed by atoms with E-state index < -0.39 is 10.8 Å². The van der Waals surface area contributed by atoms with E-state index in [0.717, 1.165) is 32.2 Å². The van der Waals surface area contributed by atoms with E-state index >= 15 is 0 Å². The number of aromatic nitrogens is 2. The number of imidazole rings is 1. The van der Waals surface area contributed by atoms with Gasteiger partial charge >= 0.3 is 29.8 Å². The summed E-state index contributed by atoms with van der Waals surface area (Å²) in [4.78, 5) is 57.1. The summed E-state index contributed by atoms with van der Waals surface area (Å²) >= 11 is 0. The van der Waals surface area contributed by atoms with E-state index in [2.05, 4.69) is 20.8 Å². The molecular weight excluding hydrogens is 812 g/mol. The van der Waals surface area contributed by atoms with Gasteiger partial charge in [-0.25, -0.2) is 9.13 Å². The van der Waals surface area contributed by atoms with Crippen molar-refractivity contribution in [2.75, 3.05) is 47.3 Å². The maximum absolute atomic E-state index is 11.7. The van der Waals surface area contributed by atoms with Crippen molar-refractivity contribution in [1.82, 2.24) is 4.57 Å². The van der Waals surface area contributed by atoms with Crippen LogP contribution in [0.15, 0.2) is 12.4 Å². The van der Waals surface area contributed by atoms with Gasteiger partial charge in [-0.2, -0.15) is 0 Å². The lowest BCUT2D eigenvalue weighted by molar-refractivity contribution is -0.677. The molecule has 0 unspecified atom stereocenters. The summed E-state index contributed by atoms with van der Waals surface area (Å²) in [7, 11) is 5.02. The Bertz CT molecular complexity index is 1300. The molecule has 0 amide bonds. The van der Waals surface area contributed by atoms with Gasteiger partial charge in [0.2, 0.25) is 0 Å². The van der Waals surface area contributed by atoms with Gasteiger partial charge in [0.15, 0.2) is 0 Å². The maximum atomic E-state index is 11.7. The fourth-order valence-electron chi connectivity index (χ4n) is 3.50. The van der Waals surface area contributed by atoms with Gasteiger partial charge in [-0.15, -0.1) is 0 Å². The number of aryl methyl sites for hydroxylation is 2. The molecule has 14 heteroatoms. The van der Waals surface area contributed by atoms with Crippen LogP contribution in [0, 0.1) is 34.0 Å². The molecule has 58 heavy (non-hydrogen) atoms. The van der Waals surface area contributed by atoms with Crippen molar-refractivity contribution < 1.29 is 73.9 Å². The van der Waals surface area contributed by atoms with Crippen LogP contribution in [0.25, 0.3) is 0 Å². The zero-order valence-corrected chi connectivity index (χ0v) is 41.5. The van der Waals surface area contributed by atoms with Crippen molar-refractivity contribution in [3.05, 3.63) is 18.2 Å². The number of hydrogen-bond donors (Lipinski definition) is 0. The van der Waals surface area contributed by atoms with Gasteiger partial charge in [0.05, 0.1) is 61.0 Å². The summed E-state index contributed by atoms with van der Waals surface area (Å²) in [6, 6.07) is 0. The van der Waals surface area contributed by atoms with Gasteiger partial charge < -0.3 is 45.4 Å². The van der Waals surface area contributed by atoms with Gasteiger partial charge in [0.1, 0.15) is 32.2 Å². The molecule has 0 aliphatic heterocycles. The summed E-state index contributed by atoms with van der Waals surface area (Å²) in [5.41, 5.74) is -2.00. The van der Waals surface area contributed by atoms with Gasteiger partial charge in [0, 0.05) is 20.5 Å². The SMILES string of the molecule is CCC(C)(C)C(=O)OC.CCC(C)(C)C(=O)OCCCn1cc[n+](C)c1C.CCC(C)(C)C(=O)OCCOC.CCC(C)(C)C(=O)OCCOC(=O)C(C)(C)CC.[Br-]. The Balaban J connectivity index is -0.000000345. The fourth-order valence-corrected chi connectivity index (χ4v) is 3.50. The second kappa shape index (κ2) is 30.1. The molecule has 1 rings (SSSR count). The highest BCUT2D eigenvalue weighted by atomic mass is 79.9. The van der Waals surface area contributed by atoms with Crippen molar-refractivity contribution in [2.24, 2.45) is 34.1 Å². The van der Waals surface area contributed by atoms with E-state index in [9.17, 15) is 24.0 Å². The Labute approximate surface area is 362 Å². The summed E-state index contributed by atoms with van der Waals surface area (Å²) in [5, 5.41) is 0. The lowest BCUT2D eigenvalue weighted by atomic mass is 9.90. The van der Waals surface area contributed by atoms with E-state index in [1.165, 1.54) is 12.9 Å². The van der Waals surface area contributed by atoms with Crippen LogP contribution in [0.1, 0.15) is 148 Å². The highest BCUT2D eigenvalue weighted by Gasteiger charge is 2.30. The first-order chi connectivity index (χ1) is 26.1. The second-order valence-electron chi connectivity index (χ2n) is 17.2. The van der Waals surface area contributed by atoms with E-state index in [0.29, 0.717) is 32.7 Å². The molecule has 0 fully saturated rings. The summed E-state index contributed by atoms with van der Waals surface area (Å²) in [6.07, 6.45) is 8.77. The van der Waals surface area contributed by atoms with Crippen LogP contribution in [0.3, 0.4) is 0 Å². The fraction of sp³-hybridized carbons (Fsp3) is 0.818. The number of carbonyl (C=O) groups is 5. The van der Waals surface area contributed by atoms with Crippen molar-refractivity contribution in [1.29, 1.82) is 0 Å². The third-order valence-electron chi connectivity index (χ3n) is 10.6. The quantitative estimate of drug-likeness (QED) is 0.0741. The normalized spacial score (nSPS) is 11.4. The zero-order chi connectivity index (χ0) is 45.3. The van der Waals surface area contributed by atoms with Gasteiger partial charge in [0.25, 0.3) is 5.82 Å². The molecule has 1 aromatic heterocycles. The zero-order valence-electron chi connectivity index (χ0n) is 39.9. The summed E-state index contributed by atoms with van der Waals surface area (Å²) in [6.45, 7) is 33.0. The van der Waals surface area contributed by atoms with E-state index in [1.807, 2.05) is 123 Å². The molecule has 0 saturated carbocycles. The number of nitrogens with zero attached hydrogens (tertiary/aromatic N) is 2. The number of esters is 5. The summed E-state index contributed by atoms with van der Waals surface area (Å²) < 4.78 is 34.0. The molecule has 0 aliphatic carbocycles. The Morgan fingerprint density at radius 2 is 0.828 bits per heavy atom. The first-order valence-corrected chi connectivity index (χ1v) is 20.4. The van der Waals surface area contributed by atoms with Crippen molar-refractivity contribution in [2.45, 2.75) is 156 Å². The molecule has 0 saturated heterocycles. The Hall–Kier alpha value is -3.00. The van der Waals surface area contributed by atoms with Gasteiger partial charge in [-0.3, -0.25) is 24.0 Å². The molecule has 0 radical (unpaired) electrons. The molecule has 0 N–H and O–H groups in total. The highest BCUT2D eigenvalue weighted by molar-refractivity contribution is 5.77. The molecule has 0 bridgehead atoms. The van der Waals surface area contributed by atoms with Crippen LogP contribution in [-0.2, 0) is 66.0 Å². The van der Waals surface area contributed by atoms with Crippen LogP contribution >= 0.6 is 0 Å².